The summed E-state index contributed by atoms with van der Waals surface area (Å²) in [5.41, 5.74) is 1.12. The van der Waals surface area contributed by atoms with Gasteiger partial charge in [0.15, 0.2) is 0 Å². The predicted molar refractivity (Wildman–Crippen MR) is 74.8 cm³/mol. The predicted octanol–water partition coefficient (Wildman–Crippen LogP) is 1.63. The van der Waals surface area contributed by atoms with Gasteiger partial charge in [0.2, 0.25) is 5.91 Å². The van der Waals surface area contributed by atoms with Crippen LogP contribution in [0.4, 0.5) is 0 Å². The fourth-order valence-electron chi connectivity index (χ4n) is 2.27. The largest absolute Gasteiger partial charge is 0.377 e. The van der Waals surface area contributed by atoms with Gasteiger partial charge in [-0.3, -0.25) is 4.79 Å². The van der Waals surface area contributed by atoms with Crippen LogP contribution in [0, 0.1) is 0 Å². The SMILES string of the molecule is CC(NC(=O)CNCC1CCCO1)c1ccccc1. The minimum atomic E-state index is 0.0225. The van der Waals surface area contributed by atoms with Crippen molar-refractivity contribution in [2.75, 3.05) is 19.7 Å². The molecule has 1 aromatic rings. The Morgan fingerprint density at radius 2 is 2.21 bits per heavy atom. The fraction of sp³-hybridized carbons (Fsp3) is 0.533. The number of nitrogens with one attached hydrogen (secondary N) is 2. The van der Waals surface area contributed by atoms with E-state index in [4.69, 9.17) is 4.74 Å². The molecule has 0 radical (unpaired) electrons. The van der Waals surface area contributed by atoms with E-state index in [1.165, 1.54) is 0 Å². The number of hydrogen-bond acceptors (Lipinski definition) is 3. The summed E-state index contributed by atoms with van der Waals surface area (Å²) in [5, 5.41) is 6.13. The summed E-state index contributed by atoms with van der Waals surface area (Å²) in [5.74, 6) is 0.0225. The summed E-state index contributed by atoms with van der Waals surface area (Å²) >= 11 is 0. The van der Waals surface area contributed by atoms with Gasteiger partial charge in [-0.25, -0.2) is 0 Å². The van der Waals surface area contributed by atoms with Gasteiger partial charge in [0.1, 0.15) is 0 Å². The van der Waals surface area contributed by atoms with E-state index in [0.29, 0.717) is 6.54 Å². The Hall–Kier alpha value is -1.39. The molecule has 2 rings (SSSR count). The molecule has 1 fully saturated rings. The van der Waals surface area contributed by atoms with E-state index < -0.39 is 0 Å². The maximum absolute atomic E-state index is 11.8. The summed E-state index contributed by atoms with van der Waals surface area (Å²) < 4.78 is 5.49. The van der Waals surface area contributed by atoms with Gasteiger partial charge in [-0.15, -0.1) is 0 Å². The molecule has 4 nitrogen and oxygen atoms in total. The average molecular weight is 262 g/mol. The fourth-order valence-corrected chi connectivity index (χ4v) is 2.27. The standard InChI is InChI=1S/C15H22N2O2/c1-12(13-6-3-2-4-7-13)17-15(18)11-16-10-14-8-5-9-19-14/h2-4,6-7,12,14,16H,5,8-11H2,1H3,(H,17,18). The van der Waals surface area contributed by atoms with E-state index in [2.05, 4.69) is 10.6 Å². The van der Waals surface area contributed by atoms with E-state index in [1.807, 2.05) is 37.3 Å². The quantitative estimate of drug-likeness (QED) is 0.819. The molecular weight excluding hydrogens is 240 g/mol. The van der Waals surface area contributed by atoms with Crippen LogP contribution in [0.15, 0.2) is 30.3 Å². The number of hydrogen-bond donors (Lipinski definition) is 2. The number of carbonyl (C=O) groups excluding carboxylic acids is 1. The van der Waals surface area contributed by atoms with E-state index in [9.17, 15) is 4.79 Å². The van der Waals surface area contributed by atoms with Gasteiger partial charge in [-0.2, -0.15) is 0 Å². The second-order valence-corrected chi connectivity index (χ2v) is 4.97. The third-order valence-electron chi connectivity index (χ3n) is 3.36. The van der Waals surface area contributed by atoms with Crippen molar-refractivity contribution in [3.05, 3.63) is 35.9 Å². The van der Waals surface area contributed by atoms with Crippen LogP contribution in [0.3, 0.4) is 0 Å². The van der Waals surface area contributed by atoms with Gasteiger partial charge in [0, 0.05) is 13.2 Å². The zero-order valence-electron chi connectivity index (χ0n) is 11.4. The van der Waals surface area contributed by atoms with Crippen LogP contribution in [0.25, 0.3) is 0 Å². The molecule has 1 aliphatic rings. The lowest BCUT2D eigenvalue weighted by Crippen LogP contribution is -2.38. The summed E-state index contributed by atoms with van der Waals surface area (Å²) in [7, 11) is 0. The first-order chi connectivity index (χ1) is 9.25. The van der Waals surface area contributed by atoms with Crippen LogP contribution in [0.1, 0.15) is 31.4 Å². The highest BCUT2D eigenvalue weighted by Gasteiger charge is 2.15. The lowest BCUT2D eigenvalue weighted by atomic mass is 10.1. The summed E-state index contributed by atoms with van der Waals surface area (Å²) in [6.45, 7) is 3.95. The topological polar surface area (TPSA) is 50.4 Å². The molecule has 1 amide bonds. The summed E-state index contributed by atoms with van der Waals surface area (Å²) in [6, 6.07) is 10.0. The van der Waals surface area contributed by atoms with E-state index in [0.717, 1.165) is 31.6 Å². The van der Waals surface area contributed by atoms with Crippen LogP contribution in [-0.4, -0.2) is 31.7 Å². The number of benzene rings is 1. The zero-order chi connectivity index (χ0) is 13.5. The summed E-state index contributed by atoms with van der Waals surface area (Å²) in [6.07, 6.45) is 2.50. The monoisotopic (exact) mass is 262 g/mol. The van der Waals surface area contributed by atoms with Crippen molar-refractivity contribution in [3.63, 3.8) is 0 Å². The molecule has 0 aliphatic carbocycles. The van der Waals surface area contributed by atoms with Crippen molar-refractivity contribution >= 4 is 5.91 Å². The van der Waals surface area contributed by atoms with Crippen LogP contribution >= 0.6 is 0 Å². The molecule has 0 aromatic heterocycles. The molecule has 1 aliphatic heterocycles. The first-order valence-corrected chi connectivity index (χ1v) is 6.92. The van der Waals surface area contributed by atoms with Gasteiger partial charge in [-0.05, 0) is 25.3 Å². The van der Waals surface area contributed by atoms with E-state index >= 15 is 0 Å². The number of carbonyl (C=O) groups is 1. The maximum atomic E-state index is 11.8. The zero-order valence-corrected chi connectivity index (χ0v) is 11.4. The number of ether oxygens (including phenoxy) is 1. The van der Waals surface area contributed by atoms with Crippen LogP contribution in [0.5, 0.6) is 0 Å². The molecule has 2 atom stereocenters. The Labute approximate surface area is 114 Å². The highest BCUT2D eigenvalue weighted by molar-refractivity contribution is 5.78. The van der Waals surface area contributed by atoms with Crippen molar-refractivity contribution < 1.29 is 9.53 Å². The van der Waals surface area contributed by atoms with Gasteiger partial charge >= 0.3 is 0 Å². The second-order valence-electron chi connectivity index (χ2n) is 4.97. The Bertz CT molecular complexity index is 388. The van der Waals surface area contributed by atoms with E-state index in [-0.39, 0.29) is 18.1 Å². The number of amides is 1. The molecule has 1 heterocycles. The highest BCUT2D eigenvalue weighted by atomic mass is 16.5. The van der Waals surface area contributed by atoms with Gasteiger partial charge in [-0.1, -0.05) is 30.3 Å². The van der Waals surface area contributed by atoms with Crippen LogP contribution < -0.4 is 10.6 Å². The third-order valence-corrected chi connectivity index (χ3v) is 3.36. The molecule has 2 unspecified atom stereocenters. The Balaban J connectivity index is 1.66. The first-order valence-electron chi connectivity index (χ1n) is 6.92. The average Bonchev–Trinajstić information content (AvgIpc) is 2.93. The van der Waals surface area contributed by atoms with Gasteiger partial charge in [0.05, 0.1) is 18.7 Å². The van der Waals surface area contributed by atoms with Crippen molar-refractivity contribution in [2.45, 2.75) is 31.9 Å². The molecule has 19 heavy (non-hydrogen) atoms. The lowest BCUT2D eigenvalue weighted by molar-refractivity contribution is -0.120. The van der Waals surface area contributed by atoms with Crippen LogP contribution in [0.2, 0.25) is 0 Å². The molecule has 0 spiro atoms. The Morgan fingerprint density at radius 3 is 2.89 bits per heavy atom. The van der Waals surface area contributed by atoms with E-state index in [1.54, 1.807) is 0 Å². The highest BCUT2D eigenvalue weighted by Crippen LogP contribution is 2.11. The van der Waals surface area contributed by atoms with Crippen molar-refractivity contribution in [1.82, 2.24) is 10.6 Å². The minimum Gasteiger partial charge on any atom is -0.377 e. The number of rotatable bonds is 6. The molecule has 1 aromatic carbocycles. The van der Waals surface area contributed by atoms with Gasteiger partial charge in [0.25, 0.3) is 0 Å². The van der Waals surface area contributed by atoms with Crippen molar-refractivity contribution in [1.29, 1.82) is 0 Å². The lowest BCUT2D eigenvalue weighted by Gasteiger charge is -2.15. The second kappa shape index (κ2) is 7.26. The first kappa shape index (κ1) is 14.0. The smallest absolute Gasteiger partial charge is 0.234 e. The molecule has 1 saturated heterocycles. The van der Waals surface area contributed by atoms with Crippen LogP contribution in [-0.2, 0) is 9.53 Å². The third kappa shape index (κ3) is 4.65. The summed E-state index contributed by atoms with van der Waals surface area (Å²) in [4.78, 5) is 11.8. The normalized spacial score (nSPS) is 20.2. The Kier molecular flexibility index (Phi) is 5.36. The molecule has 104 valence electrons. The molecule has 4 heteroatoms. The molecule has 0 saturated carbocycles. The Morgan fingerprint density at radius 1 is 1.42 bits per heavy atom. The minimum absolute atomic E-state index is 0.0225. The van der Waals surface area contributed by atoms with Gasteiger partial charge < -0.3 is 15.4 Å². The molecule has 0 bridgehead atoms. The molecule has 2 N–H and O–H groups in total. The molecular formula is C15H22N2O2. The van der Waals surface area contributed by atoms with Crippen molar-refractivity contribution in [2.24, 2.45) is 0 Å². The maximum Gasteiger partial charge on any atom is 0.234 e. The van der Waals surface area contributed by atoms with Crippen molar-refractivity contribution in [3.8, 4) is 0 Å².